The Kier molecular flexibility index (Phi) is 7.66. The minimum Gasteiger partial charge on any atom is -0.406 e. The van der Waals surface area contributed by atoms with Crippen molar-refractivity contribution in [3.8, 4) is 16.9 Å². The van der Waals surface area contributed by atoms with E-state index in [1.54, 1.807) is 6.07 Å². The van der Waals surface area contributed by atoms with Gasteiger partial charge in [-0.3, -0.25) is 9.44 Å². The summed E-state index contributed by atoms with van der Waals surface area (Å²) in [6.07, 6.45) is -4.93. The minimum atomic E-state index is -4.93. The Balaban J connectivity index is 1.72. The fraction of sp³-hybridized carbons (Fsp3) is 0.0833. The van der Waals surface area contributed by atoms with E-state index in [9.17, 15) is 30.0 Å². The minimum absolute atomic E-state index is 0.0733. The third kappa shape index (κ3) is 6.59. The van der Waals surface area contributed by atoms with E-state index in [1.165, 1.54) is 24.3 Å². The highest BCUT2D eigenvalue weighted by Gasteiger charge is 2.31. The SMILES string of the molecule is Cc1ccccc1-c1ccc(NS(=O)(=O)c2ccc(OC(F)(F)F)cc2)c(NS(=O)(=O)c2ccc(Cl)s2)c1. The second kappa shape index (κ2) is 10.5. The molecule has 1 aromatic heterocycles. The number of anilines is 2. The van der Waals surface area contributed by atoms with Crippen molar-refractivity contribution in [1.29, 1.82) is 0 Å². The fourth-order valence-electron chi connectivity index (χ4n) is 3.44. The van der Waals surface area contributed by atoms with Crippen LogP contribution in [0.3, 0.4) is 0 Å². The number of halogens is 4. The zero-order valence-corrected chi connectivity index (χ0v) is 22.5. The summed E-state index contributed by atoms with van der Waals surface area (Å²) < 4.78 is 98.1. The lowest BCUT2D eigenvalue weighted by Crippen LogP contribution is -2.18. The molecule has 0 aliphatic carbocycles. The summed E-state index contributed by atoms with van der Waals surface area (Å²) in [5, 5.41) is 0. The molecule has 0 saturated heterocycles. The van der Waals surface area contributed by atoms with Crippen molar-refractivity contribution in [3.05, 3.63) is 88.8 Å². The molecule has 0 saturated carbocycles. The normalized spacial score (nSPS) is 12.2. The number of thiophene rings is 1. The summed E-state index contributed by atoms with van der Waals surface area (Å²) in [5.41, 5.74) is 2.13. The predicted octanol–water partition coefficient (Wildman–Crippen LogP) is 6.88. The average Bonchev–Trinajstić information content (AvgIpc) is 3.27. The Hall–Kier alpha value is -3.26. The molecule has 0 radical (unpaired) electrons. The first kappa shape index (κ1) is 27.8. The third-order valence-electron chi connectivity index (χ3n) is 5.15. The summed E-state index contributed by atoms with van der Waals surface area (Å²) in [6.45, 7) is 1.87. The number of aryl methyl sites for hydroxylation is 1. The molecule has 0 spiro atoms. The van der Waals surface area contributed by atoms with Gasteiger partial charge in [-0.2, -0.15) is 0 Å². The van der Waals surface area contributed by atoms with Crippen LogP contribution in [0.15, 0.2) is 88.0 Å². The van der Waals surface area contributed by atoms with Gasteiger partial charge in [0, 0.05) is 0 Å². The number of alkyl halides is 3. The fourth-order valence-corrected chi connectivity index (χ4v) is 7.08. The van der Waals surface area contributed by atoms with Crippen LogP contribution in [-0.4, -0.2) is 23.2 Å². The maximum atomic E-state index is 13.0. The van der Waals surface area contributed by atoms with Crippen molar-refractivity contribution < 1.29 is 34.7 Å². The van der Waals surface area contributed by atoms with Crippen LogP contribution in [0.2, 0.25) is 4.34 Å². The first-order valence-electron chi connectivity index (χ1n) is 10.6. The first-order chi connectivity index (χ1) is 17.7. The summed E-state index contributed by atoms with van der Waals surface area (Å²) in [6, 6.07) is 18.1. The lowest BCUT2D eigenvalue weighted by Gasteiger charge is -2.17. The van der Waals surface area contributed by atoms with Gasteiger partial charge < -0.3 is 4.74 Å². The van der Waals surface area contributed by atoms with Gasteiger partial charge in [0.1, 0.15) is 9.96 Å². The smallest absolute Gasteiger partial charge is 0.406 e. The van der Waals surface area contributed by atoms with Crippen molar-refractivity contribution in [2.24, 2.45) is 0 Å². The van der Waals surface area contributed by atoms with Crippen LogP contribution in [0.25, 0.3) is 11.1 Å². The molecular weight excluding hydrogens is 585 g/mol. The van der Waals surface area contributed by atoms with E-state index in [2.05, 4.69) is 14.2 Å². The molecule has 0 aliphatic heterocycles. The molecule has 0 aliphatic rings. The van der Waals surface area contributed by atoms with Crippen LogP contribution >= 0.6 is 22.9 Å². The van der Waals surface area contributed by atoms with E-state index in [0.29, 0.717) is 5.56 Å². The zero-order chi connectivity index (χ0) is 27.7. The highest BCUT2D eigenvalue weighted by atomic mass is 35.5. The maximum absolute atomic E-state index is 13.0. The van der Waals surface area contributed by atoms with Crippen LogP contribution in [0.1, 0.15) is 5.56 Å². The van der Waals surface area contributed by atoms with Crippen molar-refractivity contribution in [2.75, 3.05) is 9.44 Å². The molecule has 4 aromatic rings. The van der Waals surface area contributed by atoms with E-state index in [0.717, 1.165) is 46.7 Å². The van der Waals surface area contributed by atoms with Crippen molar-refractivity contribution >= 4 is 54.4 Å². The molecule has 14 heteroatoms. The predicted molar refractivity (Wildman–Crippen MR) is 141 cm³/mol. The number of rotatable bonds is 8. The largest absolute Gasteiger partial charge is 0.573 e. The molecule has 0 amide bonds. The molecule has 0 unspecified atom stereocenters. The van der Waals surface area contributed by atoms with Gasteiger partial charge >= 0.3 is 6.36 Å². The van der Waals surface area contributed by atoms with Crippen LogP contribution in [0, 0.1) is 6.92 Å². The van der Waals surface area contributed by atoms with E-state index in [-0.39, 0.29) is 24.8 Å². The first-order valence-corrected chi connectivity index (χ1v) is 14.8. The molecule has 0 fully saturated rings. The van der Waals surface area contributed by atoms with Gasteiger partial charge in [-0.15, -0.1) is 24.5 Å². The molecule has 3 aromatic carbocycles. The molecule has 7 nitrogen and oxygen atoms in total. The Morgan fingerprint density at radius 3 is 2.08 bits per heavy atom. The Morgan fingerprint density at radius 1 is 0.816 bits per heavy atom. The number of benzene rings is 3. The van der Waals surface area contributed by atoms with Crippen molar-refractivity contribution in [1.82, 2.24) is 0 Å². The van der Waals surface area contributed by atoms with E-state index in [4.69, 9.17) is 11.6 Å². The number of ether oxygens (including phenoxy) is 1. The summed E-state index contributed by atoms with van der Waals surface area (Å²) >= 11 is 6.71. The van der Waals surface area contributed by atoms with Gasteiger partial charge in [0.25, 0.3) is 20.0 Å². The van der Waals surface area contributed by atoms with Gasteiger partial charge in [0.2, 0.25) is 0 Å². The van der Waals surface area contributed by atoms with E-state index < -0.39 is 32.2 Å². The number of nitrogens with one attached hydrogen (secondary N) is 2. The number of hydrogen-bond acceptors (Lipinski definition) is 6. The molecular formula is C24H18ClF3N2O5S3. The molecule has 200 valence electrons. The Labute approximate surface area is 226 Å². The van der Waals surface area contributed by atoms with Gasteiger partial charge in [0.05, 0.1) is 20.6 Å². The van der Waals surface area contributed by atoms with Gasteiger partial charge in [-0.25, -0.2) is 16.8 Å². The van der Waals surface area contributed by atoms with Gasteiger partial charge in [0.15, 0.2) is 0 Å². The molecule has 1 heterocycles. The van der Waals surface area contributed by atoms with Gasteiger partial charge in [-0.1, -0.05) is 41.9 Å². The Morgan fingerprint density at radius 2 is 1.47 bits per heavy atom. The Bertz CT molecular complexity index is 1690. The average molecular weight is 603 g/mol. The van der Waals surface area contributed by atoms with Crippen LogP contribution < -0.4 is 14.2 Å². The monoisotopic (exact) mass is 602 g/mol. The van der Waals surface area contributed by atoms with Crippen LogP contribution in [-0.2, 0) is 20.0 Å². The molecule has 38 heavy (non-hydrogen) atoms. The summed E-state index contributed by atoms with van der Waals surface area (Å²) in [4.78, 5) is -0.367. The van der Waals surface area contributed by atoms with E-state index in [1.807, 2.05) is 31.2 Å². The number of hydrogen-bond donors (Lipinski definition) is 2. The topological polar surface area (TPSA) is 102 Å². The second-order valence-electron chi connectivity index (χ2n) is 7.86. The quantitative estimate of drug-likeness (QED) is 0.229. The van der Waals surface area contributed by atoms with Crippen LogP contribution in [0.4, 0.5) is 24.5 Å². The van der Waals surface area contributed by atoms with Crippen LogP contribution in [0.5, 0.6) is 5.75 Å². The zero-order valence-electron chi connectivity index (χ0n) is 19.3. The lowest BCUT2D eigenvalue weighted by molar-refractivity contribution is -0.274. The summed E-state index contributed by atoms with van der Waals surface area (Å²) in [5.74, 6) is -0.595. The standard InChI is InChI=1S/C24H18ClF3N2O5S3/c1-15-4-2-3-5-19(15)16-6-11-20(21(14-16)30-38(33,34)23-13-12-22(25)36-23)29-37(31,32)18-9-7-17(8-10-18)35-24(26,27)28/h2-14,29-30H,1H3. The summed E-state index contributed by atoms with van der Waals surface area (Å²) in [7, 11) is -8.48. The second-order valence-corrected chi connectivity index (χ2v) is 13.2. The third-order valence-corrected chi connectivity index (χ3v) is 9.62. The van der Waals surface area contributed by atoms with Crippen molar-refractivity contribution in [3.63, 3.8) is 0 Å². The molecule has 0 bridgehead atoms. The van der Waals surface area contributed by atoms with Gasteiger partial charge in [-0.05, 0) is 72.1 Å². The molecule has 2 N–H and O–H groups in total. The number of sulfonamides is 2. The molecule has 0 atom stereocenters. The highest BCUT2D eigenvalue weighted by molar-refractivity contribution is 7.94. The molecule has 4 rings (SSSR count). The highest BCUT2D eigenvalue weighted by Crippen LogP contribution is 2.35. The lowest BCUT2D eigenvalue weighted by atomic mass is 10.00. The van der Waals surface area contributed by atoms with Crippen molar-refractivity contribution in [2.45, 2.75) is 22.4 Å². The van der Waals surface area contributed by atoms with E-state index >= 15 is 0 Å². The maximum Gasteiger partial charge on any atom is 0.573 e.